The molecule has 0 radical (unpaired) electrons. The van der Waals surface area contributed by atoms with E-state index in [1.54, 1.807) is 30.7 Å². The lowest BCUT2D eigenvalue weighted by Gasteiger charge is -2.26. The molecule has 9 nitrogen and oxygen atoms in total. The molecule has 0 fully saturated rings. The molecule has 1 unspecified atom stereocenters. The summed E-state index contributed by atoms with van der Waals surface area (Å²) in [7, 11) is 0. The second kappa shape index (κ2) is 10.4. The van der Waals surface area contributed by atoms with E-state index in [1.165, 1.54) is 0 Å². The van der Waals surface area contributed by atoms with Crippen LogP contribution in [0.25, 0.3) is 21.9 Å². The Morgan fingerprint density at radius 3 is 2.46 bits per heavy atom. The number of hydrogen-bond donors (Lipinski definition) is 3. The Morgan fingerprint density at radius 1 is 1.05 bits per heavy atom. The van der Waals surface area contributed by atoms with E-state index < -0.39 is 29.7 Å². The van der Waals surface area contributed by atoms with E-state index in [0.29, 0.717) is 11.5 Å². The monoisotopic (exact) mass is 513 g/mol. The maximum Gasteiger partial charge on any atom is 0.490 e. The second-order valence-corrected chi connectivity index (χ2v) is 7.69. The third kappa shape index (κ3) is 5.86. The molecule has 12 heteroatoms. The first-order valence-electron chi connectivity index (χ1n) is 10.7. The lowest BCUT2D eigenvalue weighted by atomic mass is 10.1. The fourth-order valence-corrected chi connectivity index (χ4v) is 3.44. The Labute approximate surface area is 206 Å². The molecule has 37 heavy (non-hydrogen) atoms. The first kappa shape index (κ1) is 25.2. The molecule has 0 bridgehead atoms. The van der Waals surface area contributed by atoms with Crippen molar-refractivity contribution in [3.63, 3.8) is 0 Å². The highest BCUT2D eigenvalue weighted by Gasteiger charge is 2.38. The summed E-state index contributed by atoms with van der Waals surface area (Å²) in [5.41, 5.74) is 1.37. The molecule has 4 aromatic rings. The predicted molar refractivity (Wildman–Crippen MR) is 126 cm³/mol. The molecule has 1 aliphatic rings. The van der Waals surface area contributed by atoms with Gasteiger partial charge in [-0.25, -0.2) is 4.79 Å². The zero-order valence-electron chi connectivity index (χ0n) is 18.8. The van der Waals surface area contributed by atoms with Crippen LogP contribution in [0.15, 0.2) is 78.0 Å². The molecule has 190 valence electrons. The Morgan fingerprint density at radius 2 is 1.76 bits per heavy atom. The number of carboxylic acids is 1. The number of carbonyl (C=O) groups is 2. The van der Waals surface area contributed by atoms with Crippen molar-refractivity contribution in [2.75, 3.05) is 11.9 Å². The van der Waals surface area contributed by atoms with Crippen LogP contribution in [0, 0.1) is 0 Å². The first-order valence-corrected chi connectivity index (χ1v) is 10.7. The third-order valence-electron chi connectivity index (χ3n) is 5.20. The predicted octanol–water partition coefficient (Wildman–Crippen LogP) is 4.00. The summed E-state index contributed by atoms with van der Waals surface area (Å²) < 4.78 is 43.5. The summed E-state index contributed by atoms with van der Waals surface area (Å²) in [6.07, 6.45) is -1.04. The van der Waals surface area contributed by atoms with Gasteiger partial charge in [0.2, 0.25) is 6.10 Å². The van der Waals surface area contributed by atoms with Gasteiger partial charge in [-0.1, -0.05) is 30.3 Å². The number of fused-ring (bicyclic) bond motifs is 3. The van der Waals surface area contributed by atoms with E-state index in [1.807, 2.05) is 42.5 Å². The average Bonchev–Trinajstić information content (AvgIpc) is 2.89. The highest BCUT2D eigenvalue weighted by atomic mass is 19.4. The maximum atomic E-state index is 12.8. The Bertz CT molecular complexity index is 1510. The van der Waals surface area contributed by atoms with Crippen molar-refractivity contribution in [1.29, 1.82) is 0 Å². The van der Waals surface area contributed by atoms with E-state index in [4.69, 9.17) is 19.4 Å². The van der Waals surface area contributed by atoms with Crippen LogP contribution in [0.2, 0.25) is 0 Å². The Kier molecular flexibility index (Phi) is 7.09. The second-order valence-electron chi connectivity index (χ2n) is 7.69. The number of halogens is 3. The van der Waals surface area contributed by atoms with Crippen LogP contribution in [0.5, 0.6) is 11.5 Å². The van der Waals surface area contributed by atoms with Gasteiger partial charge in [-0.05, 0) is 35.2 Å². The molecule has 1 atom stereocenters. The van der Waals surface area contributed by atoms with Gasteiger partial charge < -0.3 is 24.9 Å². The number of nitrogens with one attached hydrogen (secondary N) is 2. The van der Waals surface area contributed by atoms with Gasteiger partial charge in [0.25, 0.3) is 11.5 Å². The summed E-state index contributed by atoms with van der Waals surface area (Å²) in [5.74, 6) is -2.09. The molecule has 5 rings (SSSR count). The molecule has 1 aliphatic heterocycles. The summed E-state index contributed by atoms with van der Waals surface area (Å²) in [6.45, 7) is 0.0504. The Balaban J connectivity index is 0.000000405. The van der Waals surface area contributed by atoms with Crippen molar-refractivity contribution in [1.82, 2.24) is 9.97 Å². The number of hydrogen-bond acceptors (Lipinski definition) is 6. The summed E-state index contributed by atoms with van der Waals surface area (Å²) in [4.78, 5) is 40.5. The molecule has 3 heterocycles. The van der Waals surface area contributed by atoms with Crippen molar-refractivity contribution in [2.24, 2.45) is 0 Å². The summed E-state index contributed by atoms with van der Waals surface area (Å²) >= 11 is 0. The minimum Gasteiger partial charge on any atom is -0.485 e. The highest BCUT2D eigenvalue weighted by Crippen LogP contribution is 2.38. The smallest absolute Gasteiger partial charge is 0.485 e. The van der Waals surface area contributed by atoms with E-state index >= 15 is 0 Å². The molecule has 0 saturated heterocycles. The quantitative estimate of drug-likeness (QED) is 0.377. The van der Waals surface area contributed by atoms with Crippen LogP contribution in [0.1, 0.15) is 0 Å². The van der Waals surface area contributed by atoms with E-state index in [9.17, 15) is 22.8 Å². The van der Waals surface area contributed by atoms with Crippen molar-refractivity contribution in [2.45, 2.75) is 12.3 Å². The fourth-order valence-electron chi connectivity index (χ4n) is 3.44. The van der Waals surface area contributed by atoms with Gasteiger partial charge in [-0.15, -0.1) is 0 Å². The molecule has 2 aromatic heterocycles. The SMILES string of the molecule is O=C(Nc1cc(-c2ccncc2)c[nH]c1=O)C1COc2c(ccc3ccccc23)O1.O=C(O)C(F)(F)F. The first-order chi connectivity index (χ1) is 17.6. The van der Waals surface area contributed by atoms with Crippen LogP contribution in [0.4, 0.5) is 18.9 Å². The normalized spacial score (nSPS) is 14.3. The number of nitrogens with zero attached hydrogens (tertiary/aromatic N) is 1. The molecule has 2 aromatic carbocycles. The molecular weight excluding hydrogens is 495 g/mol. The zero-order valence-corrected chi connectivity index (χ0v) is 18.8. The van der Waals surface area contributed by atoms with Crippen molar-refractivity contribution in [3.05, 3.63) is 83.5 Å². The molecular formula is C25H18F3N3O6. The van der Waals surface area contributed by atoms with Crippen LogP contribution in [-0.2, 0) is 9.59 Å². The molecule has 0 aliphatic carbocycles. The summed E-state index contributed by atoms with van der Waals surface area (Å²) in [5, 5.41) is 11.7. The maximum absolute atomic E-state index is 12.8. The number of rotatable bonds is 3. The largest absolute Gasteiger partial charge is 0.490 e. The number of pyridine rings is 2. The molecule has 0 saturated carbocycles. The number of aromatic nitrogens is 2. The number of H-pyrrole nitrogens is 1. The van der Waals surface area contributed by atoms with Gasteiger partial charge in [-0.3, -0.25) is 14.6 Å². The van der Waals surface area contributed by atoms with Crippen molar-refractivity contribution < 1.29 is 37.3 Å². The van der Waals surface area contributed by atoms with Crippen LogP contribution < -0.4 is 20.3 Å². The van der Waals surface area contributed by atoms with Crippen LogP contribution in [-0.4, -0.2) is 45.8 Å². The molecule has 1 amide bonds. The zero-order chi connectivity index (χ0) is 26.6. The fraction of sp³-hybridized carbons (Fsp3) is 0.120. The third-order valence-corrected chi connectivity index (χ3v) is 5.20. The van der Waals surface area contributed by atoms with E-state index in [0.717, 1.165) is 21.9 Å². The van der Waals surface area contributed by atoms with Gasteiger partial charge in [-0.2, -0.15) is 13.2 Å². The van der Waals surface area contributed by atoms with Gasteiger partial charge in [0.1, 0.15) is 12.3 Å². The van der Waals surface area contributed by atoms with Crippen molar-refractivity contribution in [3.8, 4) is 22.6 Å². The standard InChI is InChI=1S/C23H17N3O4.C2HF3O2/c27-22-18(11-16(12-25-22)14-7-9-24-10-8-14)26-23(28)20-13-29-21-17-4-2-1-3-15(17)5-6-19(21)30-20;3-2(4,5)1(6)7/h1-12,20H,13H2,(H,25,27)(H,26,28);(H,6,7). The minimum atomic E-state index is -5.08. The van der Waals surface area contributed by atoms with Gasteiger partial charge in [0.05, 0.1) is 0 Å². The summed E-state index contributed by atoms with van der Waals surface area (Å²) in [6, 6.07) is 16.8. The van der Waals surface area contributed by atoms with Crippen LogP contribution in [0.3, 0.4) is 0 Å². The number of ether oxygens (including phenoxy) is 2. The Hall–Kier alpha value is -4.87. The van der Waals surface area contributed by atoms with Crippen molar-refractivity contribution >= 4 is 28.3 Å². The number of aromatic amines is 1. The van der Waals surface area contributed by atoms with E-state index in [-0.39, 0.29) is 12.3 Å². The average molecular weight is 513 g/mol. The van der Waals surface area contributed by atoms with Crippen LogP contribution >= 0.6 is 0 Å². The number of carboxylic acid groups (broad SMARTS) is 1. The number of carbonyl (C=O) groups excluding carboxylic acids is 1. The minimum absolute atomic E-state index is 0.0504. The number of amides is 1. The topological polar surface area (TPSA) is 131 Å². The molecule has 3 N–H and O–H groups in total. The number of benzene rings is 2. The molecule has 0 spiro atoms. The lowest BCUT2D eigenvalue weighted by Crippen LogP contribution is -2.41. The number of aliphatic carboxylic acids is 1. The van der Waals surface area contributed by atoms with Gasteiger partial charge in [0, 0.05) is 29.5 Å². The lowest BCUT2D eigenvalue weighted by molar-refractivity contribution is -0.192. The van der Waals surface area contributed by atoms with Gasteiger partial charge in [0.15, 0.2) is 11.5 Å². The number of anilines is 1. The van der Waals surface area contributed by atoms with Gasteiger partial charge >= 0.3 is 12.1 Å². The highest BCUT2D eigenvalue weighted by molar-refractivity contribution is 5.96. The van der Waals surface area contributed by atoms with E-state index in [2.05, 4.69) is 15.3 Å². The number of alkyl halides is 3.